The monoisotopic (exact) mass is 586 g/mol. The van der Waals surface area contributed by atoms with Gasteiger partial charge >= 0.3 is 5.97 Å². The van der Waals surface area contributed by atoms with Gasteiger partial charge in [0.1, 0.15) is 5.75 Å². The fourth-order valence-corrected chi connectivity index (χ4v) is 12.7. The zero-order valence-electron chi connectivity index (χ0n) is 28.0. The lowest BCUT2D eigenvalue weighted by atomic mass is 9.32. The highest BCUT2D eigenvalue weighted by Gasteiger charge is 2.72. The fraction of sp³-hybridized carbons (Fsp3) is 0.692. The lowest BCUT2D eigenvalue weighted by Crippen LogP contribution is -2.67. The summed E-state index contributed by atoms with van der Waals surface area (Å²) in [4.78, 5) is 27.7. The van der Waals surface area contributed by atoms with Gasteiger partial charge in [-0.05, 0) is 128 Å². The Balaban J connectivity index is 1.42. The molecule has 9 atom stereocenters. The summed E-state index contributed by atoms with van der Waals surface area (Å²) in [6.07, 6.45) is 11.5. The summed E-state index contributed by atoms with van der Waals surface area (Å²) in [5.41, 5.74) is 2.68. The summed E-state index contributed by atoms with van der Waals surface area (Å²) in [5, 5.41) is 0. The van der Waals surface area contributed by atoms with E-state index in [1.165, 1.54) is 5.57 Å². The molecule has 4 nitrogen and oxygen atoms in total. The van der Waals surface area contributed by atoms with E-state index in [4.69, 9.17) is 9.47 Å². The standard InChI is InChI=1S/C39H54O4/c1-24(2)27-16-19-39(34(41)43-9)21-20-37(6)28(32(27)39)14-15-31-36(5)23-26(22-25-12-10-11-13-29(25)42-8)33(40)35(3,4)30(36)17-18-38(31,37)7/h10-13,22,27-28,30-32H,1,14-21,23H2,2-9H3/t27-,28?,30?,31?,32?,36-,37+,38+,39?/m0/s1. The molecule has 234 valence electrons. The highest BCUT2D eigenvalue weighted by atomic mass is 16.5. The van der Waals surface area contributed by atoms with Gasteiger partial charge in [-0.2, -0.15) is 0 Å². The number of ether oxygens (including phenoxy) is 2. The number of rotatable bonds is 4. The van der Waals surface area contributed by atoms with E-state index < -0.39 is 5.41 Å². The van der Waals surface area contributed by atoms with Crippen LogP contribution in [-0.4, -0.2) is 26.0 Å². The van der Waals surface area contributed by atoms with Crippen molar-refractivity contribution in [3.05, 3.63) is 47.6 Å². The molecule has 0 aromatic heterocycles. The molecule has 5 saturated carbocycles. The Morgan fingerprint density at radius 1 is 0.907 bits per heavy atom. The molecule has 5 aliphatic carbocycles. The van der Waals surface area contributed by atoms with Gasteiger partial charge < -0.3 is 9.47 Å². The Labute approximate surface area is 260 Å². The first kappa shape index (κ1) is 30.7. The molecular weight excluding hydrogens is 532 g/mol. The van der Waals surface area contributed by atoms with Gasteiger partial charge in [-0.3, -0.25) is 9.59 Å². The highest BCUT2D eigenvalue weighted by Crippen LogP contribution is 2.77. The van der Waals surface area contributed by atoms with Gasteiger partial charge in [0.15, 0.2) is 5.78 Å². The molecule has 0 heterocycles. The van der Waals surface area contributed by atoms with Gasteiger partial charge in [0.05, 0.1) is 19.6 Å². The van der Waals surface area contributed by atoms with Crippen molar-refractivity contribution in [1.82, 2.24) is 0 Å². The van der Waals surface area contributed by atoms with Gasteiger partial charge in [0.25, 0.3) is 0 Å². The van der Waals surface area contributed by atoms with Crippen molar-refractivity contribution >= 4 is 17.8 Å². The van der Waals surface area contributed by atoms with Crippen LogP contribution in [0.3, 0.4) is 0 Å². The molecule has 0 radical (unpaired) electrons. The number of ketones is 1. The van der Waals surface area contributed by atoms with Crippen LogP contribution < -0.4 is 4.74 Å². The first-order valence-electron chi connectivity index (χ1n) is 16.8. The predicted octanol–water partition coefficient (Wildman–Crippen LogP) is 9.09. The van der Waals surface area contributed by atoms with Crippen LogP contribution in [0.15, 0.2) is 42.0 Å². The number of esters is 1. The topological polar surface area (TPSA) is 52.6 Å². The maximum Gasteiger partial charge on any atom is 0.312 e. The summed E-state index contributed by atoms with van der Waals surface area (Å²) in [7, 11) is 3.29. The van der Waals surface area contributed by atoms with Crippen LogP contribution in [0.5, 0.6) is 5.75 Å². The Bertz CT molecular complexity index is 1370. The molecule has 4 heteroatoms. The first-order chi connectivity index (χ1) is 20.2. The van der Waals surface area contributed by atoms with E-state index in [9.17, 15) is 9.59 Å². The van der Waals surface area contributed by atoms with Crippen molar-refractivity contribution < 1.29 is 19.1 Å². The van der Waals surface area contributed by atoms with Crippen molar-refractivity contribution in [1.29, 1.82) is 0 Å². The van der Waals surface area contributed by atoms with E-state index in [2.05, 4.69) is 60.3 Å². The molecule has 1 aromatic carbocycles. The van der Waals surface area contributed by atoms with Gasteiger partial charge in [0, 0.05) is 11.0 Å². The summed E-state index contributed by atoms with van der Waals surface area (Å²) in [6.45, 7) is 18.8. The third-order valence-electron chi connectivity index (χ3n) is 14.7. The molecule has 0 bridgehead atoms. The number of methoxy groups -OCH3 is 2. The maximum absolute atomic E-state index is 14.2. The van der Waals surface area contributed by atoms with Gasteiger partial charge in [-0.25, -0.2) is 0 Å². The maximum atomic E-state index is 14.2. The molecule has 43 heavy (non-hydrogen) atoms. The summed E-state index contributed by atoms with van der Waals surface area (Å²) in [6, 6.07) is 8.05. The number of hydrogen-bond donors (Lipinski definition) is 0. The second-order valence-corrected chi connectivity index (χ2v) is 16.5. The number of carbonyl (C=O) groups excluding carboxylic acids is 2. The average molecular weight is 587 g/mol. The lowest BCUT2D eigenvalue weighted by molar-refractivity contribution is -0.232. The Hall–Kier alpha value is -2.36. The van der Waals surface area contributed by atoms with Crippen molar-refractivity contribution in [2.24, 2.45) is 56.7 Å². The molecule has 0 spiro atoms. The minimum absolute atomic E-state index is 0.0184. The summed E-state index contributed by atoms with van der Waals surface area (Å²) in [5.74, 6) is 3.19. The van der Waals surface area contributed by atoms with E-state index in [1.807, 2.05) is 18.2 Å². The van der Waals surface area contributed by atoms with Crippen LogP contribution in [0.4, 0.5) is 0 Å². The molecule has 5 unspecified atom stereocenters. The van der Waals surface area contributed by atoms with Crippen LogP contribution in [0.2, 0.25) is 0 Å². The van der Waals surface area contributed by atoms with Crippen LogP contribution in [0.25, 0.3) is 6.08 Å². The normalized spacial score (nSPS) is 44.0. The van der Waals surface area contributed by atoms with E-state index >= 15 is 0 Å². The minimum atomic E-state index is -0.414. The van der Waals surface area contributed by atoms with E-state index in [1.54, 1.807) is 14.2 Å². The molecule has 5 aliphatic rings. The molecule has 1 aromatic rings. The van der Waals surface area contributed by atoms with Crippen LogP contribution in [0.1, 0.15) is 105 Å². The second kappa shape index (κ2) is 10.1. The SMILES string of the molecule is C=C(C)[C@@H]1CCC2(C(=O)OC)CC[C@]3(C)C(CCC4[C@@]5(C)CC(=Cc6ccccc6OC)C(=O)C(C)(C)C5CC[C@]43C)C12. The average Bonchev–Trinajstić information content (AvgIpc) is 3.37. The predicted molar refractivity (Wildman–Crippen MR) is 172 cm³/mol. The molecule has 6 rings (SSSR count). The zero-order chi connectivity index (χ0) is 31.2. The van der Waals surface area contributed by atoms with Crippen LogP contribution in [-0.2, 0) is 14.3 Å². The first-order valence-corrected chi connectivity index (χ1v) is 16.8. The van der Waals surface area contributed by atoms with E-state index in [0.717, 1.165) is 74.7 Å². The van der Waals surface area contributed by atoms with Crippen molar-refractivity contribution in [2.45, 2.75) is 99.3 Å². The van der Waals surface area contributed by atoms with Crippen molar-refractivity contribution in [3.63, 3.8) is 0 Å². The lowest BCUT2D eigenvalue weighted by Gasteiger charge is -2.72. The largest absolute Gasteiger partial charge is 0.496 e. The van der Waals surface area contributed by atoms with Crippen molar-refractivity contribution in [3.8, 4) is 5.75 Å². The molecule has 0 aliphatic heterocycles. The fourth-order valence-electron chi connectivity index (χ4n) is 12.7. The smallest absolute Gasteiger partial charge is 0.312 e. The molecule has 0 N–H and O–H groups in total. The number of benzene rings is 1. The van der Waals surface area contributed by atoms with E-state index in [-0.39, 0.29) is 27.6 Å². The number of fused-ring (bicyclic) bond motifs is 7. The van der Waals surface area contributed by atoms with Gasteiger partial charge in [0.2, 0.25) is 0 Å². The molecule has 5 fully saturated rings. The van der Waals surface area contributed by atoms with Crippen LogP contribution in [0, 0.1) is 56.7 Å². The number of para-hydroxylation sites is 1. The number of carbonyl (C=O) groups is 2. The molecular formula is C39H54O4. The quantitative estimate of drug-likeness (QED) is 0.201. The molecule has 0 amide bonds. The van der Waals surface area contributed by atoms with E-state index in [0.29, 0.717) is 35.4 Å². The third-order valence-corrected chi connectivity index (χ3v) is 14.7. The highest BCUT2D eigenvalue weighted by molar-refractivity contribution is 6.04. The van der Waals surface area contributed by atoms with Gasteiger partial charge in [-0.1, -0.05) is 65.0 Å². The van der Waals surface area contributed by atoms with Gasteiger partial charge in [-0.15, -0.1) is 0 Å². The number of Topliss-reactive ketones (excluding diaryl/α,β-unsaturated/α-hetero) is 1. The van der Waals surface area contributed by atoms with Crippen LogP contribution >= 0.6 is 0 Å². The third kappa shape index (κ3) is 3.99. The molecule has 0 saturated heterocycles. The van der Waals surface area contributed by atoms with Crippen molar-refractivity contribution in [2.75, 3.05) is 14.2 Å². The Morgan fingerprint density at radius 2 is 1.63 bits per heavy atom. The Morgan fingerprint density at radius 3 is 2.30 bits per heavy atom. The summed E-state index contributed by atoms with van der Waals surface area (Å²) >= 11 is 0. The number of allylic oxidation sites excluding steroid dienone is 2. The summed E-state index contributed by atoms with van der Waals surface area (Å²) < 4.78 is 11.2. The minimum Gasteiger partial charge on any atom is -0.496 e. The second-order valence-electron chi connectivity index (χ2n) is 16.5. The Kier molecular flexibility index (Phi) is 7.18. The zero-order valence-corrected chi connectivity index (χ0v) is 28.0. The number of hydrogen-bond acceptors (Lipinski definition) is 4.